The van der Waals surface area contributed by atoms with Gasteiger partial charge in [0.25, 0.3) is 0 Å². The molecule has 42 heavy (non-hydrogen) atoms. The monoisotopic (exact) mass is 574 g/mol. The van der Waals surface area contributed by atoms with E-state index in [0.29, 0.717) is 35.7 Å². The first kappa shape index (κ1) is 27.7. The molecular weight excluding hydrogens is 532 g/mol. The SMILES string of the molecule is CC(C)N(CC1OC2C(n3cnc4c(N)ncnc43)[C@@]2(O)[C@@H]1O)C1CC(CCc2nc3cc(C(C)(C)C)ccc3[nH]2)C1. The second-order valence-electron chi connectivity index (χ2n) is 13.9. The lowest BCUT2D eigenvalue weighted by Gasteiger charge is -2.46. The molecule has 0 radical (unpaired) electrons. The molecule has 4 heterocycles. The summed E-state index contributed by atoms with van der Waals surface area (Å²) < 4.78 is 8.03. The van der Waals surface area contributed by atoms with Gasteiger partial charge in [0, 0.05) is 25.0 Å². The molecule has 1 saturated heterocycles. The van der Waals surface area contributed by atoms with Gasteiger partial charge in [-0.3, -0.25) is 4.90 Å². The van der Waals surface area contributed by atoms with Gasteiger partial charge in [-0.25, -0.2) is 19.9 Å². The van der Waals surface area contributed by atoms with Gasteiger partial charge in [-0.05, 0) is 62.1 Å². The van der Waals surface area contributed by atoms with Crippen molar-refractivity contribution in [3.8, 4) is 0 Å². The number of benzene rings is 1. The van der Waals surface area contributed by atoms with Crippen LogP contribution >= 0.6 is 0 Å². The van der Waals surface area contributed by atoms with Crippen molar-refractivity contribution in [1.82, 2.24) is 34.4 Å². The normalized spacial score (nSPS) is 30.9. The number of aliphatic hydroxyl groups excluding tert-OH is 1. The zero-order chi connectivity index (χ0) is 29.6. The molecule has 7 rings (SSSR count). The lowest BCUT2D eigenvalue weighted by molar-refractivity contribution is -0.0710. The van der Waals surface area contributed by atoms with Crippen molar-refractivity contribution in [2.75, 3.05) is 12.3 Å². The van der Waals surface area contributed by atoms with E-state index in [4.69, 9.17) is 15.5 Å². The molecule has 2 aliphatic carbocycles. The lowest BCUT2D eigenvalue weighted by Crippen LogP contribution is -2.53. The number of ether oxygens (including phenoxy) is 1. The highest BCUT2D eigenvalue weighted by molar-refractivity contribution is 5.81. The standard InChI is InChI=1S/C31H42N8O3/c1-16(2)38(19-10-17(11-19)6-9-23-36-20-8-7-18(30(3,4)5)12-21(20)37-23)13-22-26(40)31(41)25(27(31)42-22)39-15-35-24-28(32)33-14-34-29(24)39/h7-8,12,14-17,19,22,25-27,40-41H,6,9-11,13H2,1-5H3,(H,36,37)(H2,32,33,34)/t17?,19?,22?,25?,26-,27?,31-/m1/s1. The Morgan fingerprint density at radius 2 is 2.00 bits per heavy atom. The van der Waals surface area contributed by atoms with Crippen molar-refractivity contribution in [1.29, 1.82) is 0 Å². The Kier molecular flexibility index (Phi) is 6.40. The van der Waals surface area contributed by atoms with Crippen LogP contribution < -0.4 is 5.73 Å². The Balaban J connectivity index is 0.946. The fourth-order valence-corrected chi connectivity index (χ4v) is 7.20. The van der Waals surface area contributed by atoms with Crippen LogP contribution in [0.4, 0.5) is 5.82 Å². The molecule has 3 unspecified atom stereocenters. The third-order valence-electron chi connectivity index (χ3n) is 9.86. The summed E-state index contributed by atoms with van der Waals surface area (Å²) in [6.07, 6.45) is 5.27. The highest BCUT2D eigenvalue weighted by atomic mass is 16.6. The third kappa shape index (κ3) is 4.40. The van der Waals surface area contributed by atoms with Crippen molar-refractivity contribution in [2.24, 2.45) is 5.92 Å². The molecule has 3 fully saturated rings. The largest absolute Gasteiger partial charge is 0.387 e. The van der Waals surface area contributed by atoms with E-state index in [1.54, 1.807) is 10.9 Å². The first-order chi connectivity index (χ1) is 19.9. The van der Waals surface area contributed by atoms with Crippen LogP contribution in [0.15, 0.2) is 30.9 Å². The van der Waals surface area contributed by atoms with Crippen LogP contribution in [0.1, 0.15) is 71.3 Å². The Morgan fingerprint density at radius 3 is 2.69 bits per heavy atom. The van der Waals surface area contributed by atoms with Gasteiger partial charge in [-0.1, -0.05) is 26.8 Å². The summed E-state index contributed by atoms with van der Waals surface area (Å²) in [6, 6.07) is 6.84. The average molecular weight is 575 g/mol. The lowest BCUT2D eigenvalue weighted by atomic mass is 9.76. The molecule has 3 aliphatic rings. The third-order valence-corrected chi connectivity index (χ3v) is 9.86. The molecule has 0 amide bonds. The number of H-pyrrole nitrogens is 1. The fraction of sp³-hybridized carbons (Fsp3) is 0.613. The molecule has 2 saturated carbocycles. The zero-order valence-corrected chi connectivity index (χ0v) is 25.0. The number of aromatic nitrogens is 6. The fourth-order valence-electron chi connectivity index (χ4n) is 7.20. The molecule has 3 aromatic heterocycles. The maximum Gasteiger partial charge on any atom is 0.165 e. The zero-order valence-electron chi connectivity index (χ0n) is 25.0. The quantitative estimate of drug-likeness (QED) is 0.249. The van der Waals surface area contributed by atoms with Crippen molar-refractivity contribution in [3.63, 3.8) is 0 Å². The van der Waals surface area contributed by atoms with E-state index >= 15 is 0 Å². The number of anilines is 1. The molecule has 0 bridgehead atoms. The highest BCUT2D eigenvalue weighted by Gasteiger charge is 2.77. The number of nitrogen functional groups attached to an aromatic ring is 1. The number of aliphatic hydroxyl groups is 2. The van der Waals surface area contributed by atoms with E-state index in [1.807, 2.05) is 0 Å². The first-order valence-electron chi connectivity index (χ1n) is 15.2. The van der Waals surface area contributed by atoms with Crippen LogP contribution in [0.2, 0.25) is 0 Å². The highest BCUT2D eigenvalue weighted by Crippen LogP contribution is 2.59. The maximum absolute atomic E-state index is 11.4. The van der Waals surface area contributed by atoms with Crippen LogP contribution in [0.5, 0.6) is 0 Å². The van der Waals surface area contributed by atoms with E-state index in [0.717, 1.165) is 42.5 Å². The molecule has 224 valence electrons. The van der Waals surface area contributed by atoms with Crippen LogP contribution in [0.25, 0.3) is 22.2 Å². The first-order valence-corrected chi connectivity index (χ1v) is 15.2. The van der Waals surface area contributed by atoms with Gasteiger partial charge in [-0.15, -0.1) is 0 Å². The topological polar surface area (TPSA) is 151 Å². The van der Waals surface area contributed by atoms with Crippen molar-refractivity contribution in [3.05, 3.63) is 42.2 Å². The number of imidazole rings is 2. The van der Waals surface area contributed by atoms with Crippen LogP contribution in [-0.4, -0.2) is 87.1 Å². The summed E-state index contributed by atoms with van der Waals surface area (Å²) in [4.78, 5) is 23.4. The molecule has 5 atom stereocenters. The Labute approximate surface area is 245 Å². The van der Waals surface area contributed by atoms with E-state index in [1.165, 1.54) is 11.9 Å². The Morgan fingerprint density at radius 1 is 1.21 bits per heavy atom. The number of aryl methyl sites for hydroxylation is 1. The Bertz CT molecular complexity index is 1620. The molecule has 11 heteroatoms. The molecular formula is C31H42N8O3. The summed E-state index contributed by atoms with van der Waals surface area (Å²) >= 11 is 0. The molecule has 4 aromatic rings. The summed E-state index contributed by atoms with van der Waals surface area (Å²) in [5.41, 5.74) is 9.13. The van der Waals surface area contributed by atoms with Crippen LogP contribution in [-0.2, 0) is 16.6 Å². The molecule has 11 nitrogen and oxygen atoms in total. The second-order valence-corrected chi connectivity index (χ2v) is 13.9. The summed E-state index contributed by atoms with van der Waals surface area (Å²) in [6.45, 7) is 11.6. The number of hydrogen-bond acceptors (Lipinski definition) is 9. The molecule has 1 aromatic carbocycles. The van der Waals surface area contributed by atoms with E-state index < -0.39 is 30.0 Å². The second kappa shape index (κ2) is 9.70. The van der Waals surface area contributed by atoms with Crippen molar-refractivity contribution >= 4 is 28.0 Å². The van der Waals surface area contributed by atoms with E-state index in [2.05, 4.69) is 77.7 Å². The van der Waals surface area contributed by atoms with Gasteiger partial charge < -0.3 is 30.2 Å². The minimum Gasteiger partial charge on any atom is -0.387 e. The summed E-state index contributed by atoms with van der Waals surface area (Å²) in [5.74, 6) is 1.99. The van der Waals surface area contributed by atoms with Gasteiger partial charge in [0.05, 0.1) is 29.5 Å². The number of nitrogens with one attached hydrogen (secondary N) is 1. The molecule has 1 aliphatic heterocycles. The van der Waals surface area contributed by atoms with Crippen LogP contribution in [0.3, 0.4) is 0 Å². The van der Waals surface area contributed by atoms with Gasteiger partial charge >= 0.3 is 0 Å². The smallest absolute Gasteiger partial charge is 0.165 e. The summed E-state index contributed by atoms with van der Waals surface area (Å²) in [7, 11) is 0. The minimum atomic E-state index is -1.37. The van der Waals surface area contributed by atoms with Gasteiger partial charge in [-0.2, -0.15) is 0 Å². The number of fused-ring (bicyclic) bond motifs is 3. The average Bonchev–Trinajstić information content (AvgIpc) is 3.28. The van der Waals surface area contributed by atoms with Gasteiger partial charge in [0.2, 0.25) is 0 Å². The van der Waals surface area contributed by atoms with Crippen molar-refractivity contribution < 1.29 is 14.9 Å². The number of nitrogens with zero attached hydrogens (tertiary/aromatic N) is 6. The van der Waals surface area contributed by atoms with Gasteiger partial charge in [0.15, 0.2) is 11.5 Å². The predicted molar refractivity (Wildman–Crippen MR) is 160 cm³/mol. The van der Waals surface area contributed by atoms with Crippen molar-refractivity contribution in [2.45, 2.75) is 108 Å². The number of hydrogen-bond donors (Lipinski definition) is 4. The number of nitrogens with two attached hydrogens (primary N) is 1. The minimum absolute atomic E-state index is 0.107. The molecule has 0 spiro atoms. The van der Waals surface area contributed by atoms with E-state index in [-0.39, 0.29) is 11.2 Å². The van der Waals surface area contributed by atoms with Gasteiger partial charge in [0.1, 0.15) is 35.5 Å². The number of rotatable bonds is 8. The van der Waals surface area contributed by atoms with Crippen LogP contribution in [0, 0.1) is 5.92 Å². The van der Waals surface area contributed by atoms with E-state index in [9.17, 15) is 10.2 Å². The predicted octanol–water partition coefficient (Wildman–Crippen LogP) is 3.12. The number of aromatic amines is 1. The molecule has 5 N–H and O–H groups in total. The summed E-state index contributed by atoms with van der Waals surface area (Å²) in [5, 5.41) is 22.7. The Hall–Kier alpha value is -3.12. The maximum atomic E-state index is 11.4.